The summed E-state index contributed by atoms with van der Waals surface area (Å²) in [5.41, 5.74) is 8.34. The molecule has 5 nitrogen and oxygen atoms in total. The number of carbonyl (C=O) groups is 2. The van der Waals surface area contributed by atoms with E-state index in [9.17, 15) is 9.59 Å². The van der Waals surface area contributed by atoms with Crippen molar-refractivity contribution in [1.29, 1.82) is 0 Å². The van der Waals surface area contributed by atoms with Crippen LogP contribution in [0, 0.1) is 6.92 Å². The molecule has 2 aromatic carbocycles. The molecule has 28 heavy (non-hydrogen) atoms. The number of hydrogen-bond acceptors (Lipinski definition) is 4. The Morgan fingerprint density at radius 3 is 2.32 bits per heavy atom. The van der Waals surface area contributed by atoms with Gasteiger partial charge in [0, 0.05) is 22.7 Å². The molecule has 0 bridgehead atoms. The quantitative estimate of drug-likeness (QED) is 0.557. The maximum atomic E-state index is 12.6. The van der Waals surface area contributed by atoms with E-state index < -0.39 is 5.54 Å². The lowest BCUT2D eigenvalue weighted by molar-refractivity contribution is -0.113. The maximum absolute atomic E-state index is 12.6. The largest absolute Gasteiger partial charge is 0.350 e. The van der Waals surface area contributed by atoms with Crippen molar-refractivity contribution in [2.45, 2.75) is 44.0 Å². The summed E-state index contributed by atoms with van der Waals surface area (Å²) in [6.45, 7) is 6.46. The molecule has 0 saturated carbocycles. The van der Waals surface area contributed by atoms with Crippen LogP contribution in [0.2, 0.25) is 0 Å². The number of thioether (sulfide) groups is 1. The minimum Gasteiger partial charge on any atom is -0.350 e. The van der Waals surface area contributed by atoms with Gasteiger partial charge in [-0.2, -0.15) is 0 Å². The third-order valence-electron chi connectivity index (χ3n) is 4.84. The Hall–Kier alpha value is -2.31. The van der Waals surface area contributed by atoms with Crippen molar-refractivity contribution < 1.29 is 9.59 Å². The first-order chi connectivity index (χ1) is 13.4. The minimum absolute atomic E-state index is 0.109. The van der Waals surface area contributed by atoms with Crippen molar-refractivity contribution in [3.63, 3.8) is 0 Å². The van der Waals surface area contributed by atoms with Crippen LogP contribution in [0.4, 0.5) is 5.69 Å². The molecule has 0 saturated heterocycles. The van der Waals surface area contributed by atoms with E-state index in [4.69, 9.17) is 5.73 Å². The number of anilines is 1. The number of rotatable bonds is 9. The first kappa shape index (κ1) is 22.0. The Bertz CT molecular complexity index is 802. The number of nitrogens with one attached hydrogen (secondary N) is 2. The zero-order valence-electron chi connectivity index (χ0n) is 16.7. The topological polar surface area (TPSA) is 84.2 Å². The molecule has 0 aromatic heterocycles. The van der Waals surface area contributed by atoms with Gasteiger partial charge in [0.25, 0.3) is 5.91 Å². The van der Waals surface area contributed by atoms with Crippen LogP contribution >= 0.6 is 11.8 Å². The lowest BCUT2D eigenvalue weighted by atomic mass is 9.94. The van der Waals surface area contributed by atoms with Gasteiger partial charge < -0.3 is 16.4 Å². The first-order valence-corrected chi connectivity index (χ1v) is 10.5. The molecule has 0 fully saturated rings. The van der Waals surface area contributed by atoms with Gasteiger partial charge in [-0.1, -0.05) is 43.7 Å². The van der Waals surface area contributed by atoms with E-state index in [0.29, 0.717) is 12.1 Å². The van der Waals surface area contributed by atoms with Crippen molar-refractivity contribution in [2.75, 3.05) is 17.6 Å². The van der Waals surface area contributed by atoms with E-state index in [1.165, 1.54) is 11.8 Å². The SMILES string of the molecule is CCC(N)(CC)CNC(=O)c1ccccc1SCC(=O)Nc1ccc(C)cc1. The van der Waals surface area contributed by atoms with Crippen LogP contribution in [-0.4, -0.2) is 29.7 Å². The molecule has 150 valence electrons. The van der Waals surface area contributed by atoms with Crippen LogP contribution in [0.15, 0.2) is 53.4 Å². The Balaban J connectivity index is 1.96. The van der Waals surface area contributed by atoms with Gasteiger partial charge in [0.15, 0.2) is 0 Å². The van der Waals surface area contributed by atoms with Gasteiger partial charge in [-0.3, -0.25) is 9.59 Å². The Labute approximate surface area is 171 Å². The number of hydrogen-bond donors (Lipinski definition) is 3. The molecule has 4 N–H and O–H groups in total. The van der Waals surface area contributed by atoms with Crippen LogP contribution in [0.25, 0.3) is 0 Å². The number of aryl methyl sites for hydroxylation is 1. The summed E-state index contributed by atoms with van der Waals surface area (Å²) in [5.74, 6) is -0.0519. The van der Waals surface area contributed by atoms with Crippen molar-refractivity contribution in [2.24, 2.45) is 5.73 Å². The first-order valence-electron chi connectivity index (χ1n) is 9.52. The van der Waals surface area contributed by atoms with Gasteiger partial charge in [-0.25, -0.2) is 0 Å². The lowest BCUT2D eigenvalue weighted by Gasteiger charge is -2.27. The molecule has 0 heterocycles. The molecule has 2 aromatic rings. The van der Waals surface area contributed by atoms with Crippen molar-refractivity contribution in [3.8, 4) is 0 Å². The fraction of sp³-hybridized carbons (Fsp3) is 0.364. The number of carbonyl (C=O) groups excluding carboxylic acids is 2. The van der Waals surface area contributed by atoms with E-state index in [0.717, 1.165) is 29.0 Å². The summed E-state index contributed by atoms with van der Waals surface area (Å²) < 4.78 is 0. The average Bonchev–Trinajstić information content (AvgIpc) is 2.72. The monoisotopic (exact) mass is 399 g/mol. The fourth-order valence-corrected chi connectivity index (χ4v) is 3.46. The van der Waals surface area contributed by atoms with Crippen LogP contribution in [0.3, 0.4) is 0 Å². The normalized spacial score (nSPS) is 11.1. The lowest BCUT2D eigenvalue weighted by Crippen LogP contribution is -2.49. The van der Waals surface area contributed by atoms with Crippen molar-refractivity contribution in [1.82, 2.24) is 5.32 Å². The molecule has 6 heteroatoms. The predicted octanol–water partition coefficient (Wildman–Crippen LogP) is 3.97. The minimum atomic E-state index is -0.397. The maximum Gasteiger partial charge on any atom is 0.252 e. The predicted molar refractivity (Wildman–Crippen MR) is 117 cm³/mol. The average molecular weight is 400 g/mol. The standard InChI is InChI=1S/C22H29N3O2S/c1-4-22(23,5-2)15-24-21(27)18-8-6-7-9-19(18)28-14-20(26)25-17-12-10-16(3)11-13-17/h6-13H,4-5,14-15,23H2,1-3H3,(H,24,27)(H,25,26). The Kier molecular flexibility index (Phi) is 8.08. The molecule has 0 unspecified atom stereocenters. The molecule has 0 atom stereocenters. The summed E-state index contributed by atoms with van der Waals surface area (Å²) in [4.78, 5) is 25.6. The van der Waals surface area contributed by atoms with E-state index in [1.807, 2.05) is 63.2 Å². The van der Waals surface area contributed by atoms with Gasteiger partial charge in [0.05, 0.1) is 11.3 Å². The molecule has 0 radical (unpaired) electrons. The molecule has 2 rings (SSSR count). The second-order valence-corrected chi connectivity index (χ2v) is 7.97. The number of nitrogens with two attached hydrogens (primary N) is 1. The smallest absolute Gasteiger partial charge is 0.252 e. The zero-order valence-corrected chi connectivity index (χ0v) is 17.6. The van der Waals surface area contributed by atoms with Gasteiger partial charge in [-0.15, -0.1) is 11.8 Å². The van der Waals surface area contributed by atoms with Crippen LogP contribution in [0.5, 0.6) is 0 Å². The van der Waals surface area contributed by atoms with Crippen LogP contribution in [-0.2, 0) is 4.79 Å². The highest BCUT2D eigenvalue weighted by Crippen LogP contribution is 2.23. The van der Waals surface area contributed by atoms with Crippen molar-refractivity contribution >= 4 is 29.3 Å². The summed E-state index contributed by atoms with van der Waals surface area (Å²) in [6, 6.07) is 15.0. The zero-order chi connectivity index (χ0) is 20.6. The molecule has 0 aliphatic heterocycles. The third-order valence-corrected chi connectivity index (χ3v) is 5.91. The highest BCUT2D eigenvalue weighted by atomic mass is 32.2. The summed E-state index contributed by atoms with van der Waals surface area (Å²) in [6.07, 6.45) is 1.58. The highest BCUT2D eigenvalue weighted by molar-refractivity contribution is 8.00. The molecule has 2 amide bonds. The third kappa shape index (κ3) is 6.39. The number of amides is 2. The summed E-state index contributed by atoms with van der Waals surface area (Å²) >= 11 is 1.35. The van der Waals surface area contributed by atoms with Gasteiger partial charge in [0.2, 0.25) is 5.91 Å². The van der Waals surface area contributed by atoms with Gasteiger partial charge in [0.1, 0.15) is 0 Å². The van der Waals surface area contributed by atoms with Crippen LogP contribution in [0.1, 0.15) is 42.6 Å². The molecular weight excluding hydrogens is 370 g/mol. The molecule has 0 aliphatic rings. The van der Waals surface area contributed by atoms with E-state index in [1.54, 1.807) is 6.07 Å². The van der Waals surface area contributed by atoms with Crippen LogP contribution < -0.4 is 16.4 Å². The van der Waals surface area contributed by atoms with E-state index in [-0.39, 0.29) is 17.6 Å². The van der Waals surface area contributed by atoms with Gasteiger partial charge in [-0.05, 0) is 44.0 Å². The van der Waals surface area contributed by atoms with Crippen molar-refractivity contribution in [3.05, 3.63) is 59.7 Å². The number of benzene rings is 2. The second kappa shape index (κ2) is 10.3. The van der Waals surface area contributed by atoms with E-state index >= 15 is 0 Å². The summed E-state index contributed by atoms with van der Waals surface area (Å²) in [7, 11) is 0. The second-order valence-electron chi connectivity index (χ2n) is 6.95. The van der Waals surface area contributed by atoms with E-state index in [2.05, 4.69) is 10.6 Å². The molecular formula is C22H29N3O2S. The van der Waals surface area contributed by atoms with Gasteiger partial charge >= 0.3 is 0 Å². The molecule has 0 spiro atoms. The Morgan fingerprint density at radius 1 is 1.04 bits per heavy atom. The summed E-state index contributed by atoms with van der Waals surface area (Å²) in [5, 5.41) is 5.81. The fourth-order valence-electron chi connectivity index (χ4n) is 2.61. The highest BCUT2D eigenvalue weighted by Gasteiger charge is 2.22. The Morgan fingerprint density at radius 2 is 1.68 bits per heavy atom. The molecule has 0 aliphatic carbocycles.